The molecule has 19 heavy (non-hydrogen) atoms. The molecule has 0 radical (unpaired) electrons. The molecule has 2 N–H and O–H groups in total. The molecule has 4 aliphatic carbocycles. The van der Waals surface area contributed by atoms with Crippen LogP contribution in [0, 0.1) is 17.8 Å². The van der Waals surface area contributed by atoms with Crippen LogP contribution in [-0.4, -0.2) is 16.3 Å². The Bertz CT molecular complexity index is 427. The van der Waals surface area contributed by atoms with Crippen molar-refractivity contribution in [2.45, 2.75) is 56.9 Å². The molecule has 3 nitrogen and oxygen atoms in total. The first kappa shape index (κ1) is 12.0. The highest BCUT2D eigenvalue weighted by molar-refractivity contribution is 5.25. The standard InChI is InChI=1S/C16H25N3/c17-2-1-3-19-11-15(10-18-19)16-7-12-4-13(8-16)6-14(5-12)9-16/h10-14H,1-9,17H2. The maximum atomic E-state index is 5.59. The van der Waals surface area contributed by atoms with Crippen molar-refractivity contribution in [3.8, 4) is 0 Å². The number of hydrogen-bond acceptors (Lipinski definition) is 2. The maximum absolute atomic E-state index is 5.59. The molecule has 4 fully saturated rings. The fraction of sp³-hybridized carbons (Fsp3) is 0.812. The monoisotopic (exact) mass is 259 g/mol. The summed E-state index contributed by atoms with van der Waals surface area (Å²) in [5.41, 5.74) is 7.62. The summed E-state index contributed by atoms with van der Waals surface area (Å²) in [5.74, 6) is 3.04. The van der Waals surface area contributed by atoms with Crippen molar-refractivity contribution in [2.75, 3.05) is 6.54 Å². The highest BCUT2D eigenvalue weighted by Crippen LogP contribution is 2.60. The van der Waals surface area contributed by atoms with Crippen molar-refractivity contribution in [3.05, 3.63) is 18.0 Å². The molecule has 1 heterocycles. The van der Waals surface area contributed by atoms with Gasteiger partial charge in [0.05, 0.1) is 6.20 Å². The molecule has 4 bridgehead atoms. The second-order valence-electron chi connectivity index (χ2n) is 7.33. The minimum Gasteiger partial charge on any atom is -0.330 e. The van der Waals surface area contributed by atoms with Crippen molar-refractivity contribution >= 4 is 0 Å². The average molecular weight is 259 g/mol. The SMILES string of the molecule is NCCCn1cc(C23CC4CC(CC(C4)C2)C3)cn1. The van der Waals surface area contributed by atoms with E-state index < -0.39 is 0 Å². The van der Waals surface area contributed by atoms with E-state index in [2.05, 4.69) is 22.2 Å². The van der Waals surface area contributed by atoms with Gasteiger partial charge in [0.2, 0.25) is 0 Å². The zero-order chi connectivity index (χ0) is 12.9. The molecule has 0 amide bonds. The molecule has 104 valence electrons. The zero-order valence-electron chi connectivity index (χ0n) is 11.7. The molecule has 4 saturated carbocycles. The number of nitrogens with two attached hydrogens (primary N) is 1. The smallest absolute Gasteiger partial charge is 0.0527 e. The molecule has 0 aromatic carbocycles. The first-order valence-electron chi connectivity index (χ1n) is 8.00. The Balaban J connectivity index is 1.59. The van der Waals surface area contributed by atoms with Crippen LogP contribution in [0.3, 0.4) is 0 Å². The third kappa shape index (κ3) is 1.94. The van der Waals surface area contributed by atoms with Crippen LogP contribution in [0.25, 0.3) is 0 Å². The quantitative estimate of drug-likeness (QED) is 0.903. The molecule has 0 spiro atoms. The predicted molar refractivity (Wildman–Crippen MR) is 75.7 cm³/mol. The van der Waals surface area contributed by atoms with Gasteiger partial charge in [-0.3, -0.25) is 4.68 Å². The fourth-order valence-corrected chi connectivity index (χ4v) is 5.48. The van der Waals surface area contributed by atoms with Crippen molar-refractivity contribution < 1.29 is 0 Å². The van der Waals surface area contributed by atoms with Gasteiger partial charge >= 0.3 is 0 Å². The first-order valence-corrected chi connectivity index (χ1v) is 8.00. The van der Waals surface area contributed by atoms with E-state index in [1.165, 1.54) is 44.1 Å². The topological polar surface area (TPSA) is 43.8 Å². The average Bonchev–Trinajstić information content (AvgIpc) is 2.84. The predicted octanol–water partition coefficient (Wildman–Crippen LogP) is 2.70. The Morgan fingerprint density at radius 3 is 2.37 bits per heavy atom. The highest BCUT2D eigenvalue weighted by Gasteiger charge is 2.51. The van der Waals surface area contributed by atoms with Gasteiger partial charge in [-0.25, -0.2) is 0 Å². The van der Waals surface area contributed by atoms with E-state index in [9.17, 15) is 0 Å². The summed E-state index contributed by atoms with van der Waals surface area (Å²) in [4.78, 5) is 0. The van der Waals surface area contributed by atoms with E-state index in [0.29, 0.717) is 5.41 Å². The summed E-state index contributed by atoms with van der Waals surface area (Å²) in [7, 11) is 0. The van der Waals surface area contributed by atoms with Crippen molar-refractivity contribution in [1.82, 2.24) is 9.78 Å². The Labute approximate surface area is 115 Å². The van der Waals surface area contributed by atoms with Crippen LogP contribution in [-0.2, 0) is 12.0 Å². The van der Waals surface area contributed by atoms with E-state index in [1.807, 2.05) is 0 Å². The number of aryl methyl sites for hydroxylation is 1. The Hall–Kier alpha value is -0.830. The van der Waals surface area contributed by atoms with Crippen LogP contribution in [0.5, 0.6) is 0 Å². The molecule has 5 rings (SSSR count). The van der Waals surface area contributed by atoms with E-state index in [-0.39, 0.29) is 0 Å². The minimum absolute atomic E-state index is 0.496. The van der Waals surface area contributed by atoms with Gasteiger partial charge in [-0.2, -0.15) is 5.10 Å². The van der Waals surface area contributed by atoms with Gasteiger partial charge in [0, 0.05) is 12.7 Å². The van der Waals surface area contributed by atoms with E-state index in [1.54, 1.807) is 0 Å². The molecule has 0 unspecified atom stereocenters. The second kappa shape index (κ2) is 4.34. The molecule has 0 saturated heterocycles. The van der Waals surface area contributed by atoms with Crippen LogP contribution in [0.1, 0.15) is 50.5 Å². The van der Waals surface area contributed by atoms with Gasteiger partial charge in [0.25, 0.3) is 0 Å². The second-order valence-corrected chi connectivity index (χ2v) is 7.33. The number of hydrogen-bond donors (Lipinski definition) is 1. The summed E-state index contributed by atoms with van der Waals surface area (Å²) in [6, 6.07) is 0. The third-order valence-electron chi connectivity index (χ3n) is 5.88. The summed E-state index contributed by atoms with van der Waals surface area (Å²) >= 11 is 0. The Morgan fingerprint density at radius 1 is 1.16 bits per heavy atom. The van der Waals surface area contributed by atoms with E-state index >= 15 is 0 Å². The summed E-state index contributed by atoms with van der Waals surface area (Å²) in [6.45, 7) is 1.73. The molecule has 0 atom stereocenters. The van der Waals surface area contributed by atoms with Crippen molar-refractivity contribution in [2.24, 2.45) is 23.5 Å². The molecular weight excluding hydrogens is 234 g/mol. The molecule has 4 aliphatic rings. The summed E-state index contributed by atoms with van der Waals surface area (Å²) in [6.07, 6.45) is 14.3. The number of rotatable bonds is 4. The third-order valence-corrected chi connectivity index (χ3v) is 5.88. The van der Waals surface area contributed by atoms with Crippen LogP contribution in [0.15, 0.2) is 12.4 Å². The Kier molecular flexibility index (Phi) is 2.73. The lowest BCUT2D eigenvalue weighted by atomic mass is 9.48. The van der Waals surface area contributed by atoms with Gasteiger partial charge in [0.1, 0.15) is 0 Å². The summed E-state index contributed by atoms with van der Waals surface area (Å²) < 4.78 is 2.11. The lowest BCUT2D eigenvalue weighted by Crippen LogP contribution is -2.48. The van der Waals surface area contributed by atoms with Gasteiger partial charge in [-0.1, -0.05) is 0 Å². The molecular formula is C16H25N3. The minimum atomic E-state index is 0.496. The largest absolute Gasteiger partial charge is 0.330 e. The van der Waals surface area contributed by atoms with Gasteiger partial charge in [0.15, 0.2) is 0 Å². The molecule has 1 aromatic heterocycles. The zero-order valence-corrected chi connectivity index (χ0v) is 11.7. The van der Waals surface area contributed by atoms with Gasteiger partial charge < -0.3 is 5.73 Å². The van der Waals surface area contributed by atoms with Gasteiger partial charge in [-0.05, 0) is 80.2 Å². The molecule has 0 aliphatic heterocycles. The normalized spacial score (nSPS) is 39.9. The van der Waals surface area contributed by atoms with Crippen LogP contribution in [0.2, 0.25) is 0 Å². The van der Waals surface area contributed by atoms with Crippen LogP contribution in [0.4, 0.5) is 0 Å². The van der Waals surface area contributed by atoms with Crippen LogP contribution < -0.4 is 5.73 Å². The van der Waals surface area contributed by atoms with Crippen LogP contribution >= 0.6 is 0 Å². The summed E-state index contributed by atoms with van der Waals surface area (Å²) in [5, 5.41) is 4.57. The number of aromatic nitrogens is 2. The van der Waals surface area contributed by atoms with Crippen molar-refractivity contribution in [1.29, 1.82) is 0 Å². The number of nitrogens with zero attached hydrogens (tertiary/aromatic N) is 2. The Morgan fingerprint density at radius 2 is 1.79 bits per heavy atom. The lowest BCUT2D eigenvalue weighted by Gasteiger charge is -2.56. The van der Waals surface area contributed by atoms with Gasteiger partial charge in [-0.15, -0.1) is 0 Å². The first-order chi connectivity index (χ1) is 9.27. The molecule has 1 aromatic rings. The fourth-order valence-electron chi connectivity index (χ4n) is 5.48. The van der Waals surface area contributed by atoms with E-state index in [4.69, 9.17) is 5.73 Å². The molecule has 3 heteroatoms. The maximum Gasteiger partial charge on any atom is 0.0527 e. The highest BCUT2D eigenvalue weighted by atomic mass is 15.3. The lowest BCUT2D eigenvalue weighted by molar-refractivity contribution is -0.00523. The van der Waals surface area contributed by atoms with Crippen molar-refractivity contribution in [3.63, 3.8) is 0 Å². The van der Waals surface area contributed by atoms with E-state index in [0.717, 1.165) is 37.3 Å².